The van der Waals surface area contributed by atoms with Crippen molar-refractivity contribution < 1.29 is 29.1 Å². The van der Waals surface area contributed by atoms with Crippen LogP contribution in [0.3, 0.4) is 0 Å². The number of aromatic nitrogens is 2. The Morgan fingerprint density at radius 3 is 2.56 bits per heavy atom. The van der Waals surface area contributed by atoms with Gasteiger partial charge in [0.05, 0.1) is 37.1 Å². The van der Waals surface area contributed by atoms with Crippen molar-refractivity contribution in [1.29, 1.82) is 0 Å². The highest BCUT2D eigenvalue weighted by molar-refractivity contribution is 6.46. The molecule has 1 aromatic heterocycles. The highest BCUT2D eigenvalue weighted by Crippen LogP contribution is 2.41. The molecular formula is C25H24N4O7. The lowest BCUT2D eigenvalue weighted by Crippen LogP contribution is -2.31. The number of carbonyl (C=O) groups excluding carboxylic acids is 2. The number of amides is 1. The molecule has 1 N–H and O–H groups in total. The number of ether oxygens (including phenoxy) is 2. The molecule has 36 heavy (non-hydrogen) atoms. The maximum atomic E-state index is 13.2. The van der Waals surface area contributed by atoms with Crippen molar-refractivity contribution in [2.75, 3.05) is 20.8 Å². The van der Waals surface area contributed by atoms with Gasteiger partial charge in [-0.25, -0.2) is 4.98 Å². The van der Waals surface area contributed by atoms with Gasteiger partial charge in [0.2, 0.25) is 0 Å². The number of aryl methyl sites for hydroxylation is 1. The molecule has 0 unspecified atom stereocenters. The molecule has 11 nitrogen and oxygen atoms in total. The largest absolute Gasteiger partial charge is 0.507 e. The Bertz CT molecular complexity index is 1330. The molecule has 0 saturated carbocycles. The predicted molar refractivity (Wildman–Crippen MR) is 128 cm³/mol. The highest BCUT2D eigenvalue weighted by Gasteiger charge is 2.46. The highest BCUT2D eigenvalue weighted by atomic mass is 16.6. The normalized spacial score (nSPS) is 16.8. The van der Waals surface area contributed by atoms with E-state index in [0.717, 1.165) is 0 Å². The van der Waals surface area contributed by atoms with Gasteiger partial charge < -0.3 is 24.0 Å². The molecule has 1 aliphatic rings. The van der Waals surface area contributed by atoms with Gasteiger partial charge in [-0.2, -0.15) is 0 Å². The van der Waals surface area contributed by atoms with Crippen molar-refractivity contribution in [1.82, 2.24) is 14.5 Å². The summed E-state index contributed by atoms with van der Waals surface area (Å²) in [5, 5.41) is 22.6. The summed E-state index contributed by atoms with van der Waals surface area (Å²) in [5.74, 6) is -1.34. The Kier molecular flexibility index (Phi) is 7.00. The number of nitro groups is 1. The molecule has 0 bridgehead atoms. The molecule has 0 spiro atoms. The summed E-state index contributed by atoms with van der Waals surface area (Å²) in [5.41, 5.74) is 0.227. The first kappa shape index (κ1) is 24.5. The molecule has 0 aliphatic carbocycles. The molecule has 186 valence electrons. The van der Waals surface area contributed by atoms with Gasteiger partial charge >= 0.3 is 0 Å². The summed E-state index contributed by atoms with van der Waals surface area (Å²) in [6, 6.07) is 9.28. The van der Waals surface area contributed by atoms with E-state index in [-0.39, 0.29) is 23.4 Å². The maximum absolute atomic E-state index is 13.2. The van der Waals surface area contributed by atoms with E-state index in [1.807, 2.05) is 4.57 Å². The number of benzene rings is 2. The fourth-order valence-electron chi connectivity index (χ4n) is 4.25. The number of methoxy groups -OCH3 is 2. The predicted octanol–water partition coefficient (Wildman–Crippen LogP) is 3.32. The number of hydrogen-bond donors (Lipinski definition) is 1. The Labute approximate surface area is 206 Å². The third kappa shape index (κ3) is 4.63. The van der Waals surface area contributed by atoms with Gasteiger partial charge in [0, 0.05) is 43.2 Å². The zero-order chi connectivity index (χ0) is 25.8. The first-order valence-electron chi connectivity index (χ1n) is 11.1. The second-order valence-corrected chi connectivity index (χ2v) is 8.07. The van der Waals surface area contributed by atoms with Crippen LogP contribution < -0.4 is 9.47 Å². The minimum absolute atomic E-state index is 0.157. The average molecular weight is 492 g/mol. The van der Waals surface area contributed by atoms with Crippen molar-refractivity contribution in [3.05, 3.63) is 88.0 Å². The van der Waals surface area contributed by atoms with E-state index in [0.29, 0.717) is 30.0 Å². The molecular weight excluding hydrogens is 468 g/mol. The number of nitro benzene ring substituents is 1. The van der Waals surface area contributed by atoms with Crippen LogP contribution in [0.25, 0.3) is 5.76 Å². The number of carbonyl (C=O) groups is 2. The number of rotatable bonds is 9. The summed E-state index contributed by atoms with van der Waals surface area (Å²) in [4.78, 5) is 42.5. The minimum atomic E-state index is -1.01. The summed E-state index contributed by atoms with van der Waals surface area (Å²) < 4.78 is 12.4. The van der Waals surface area contributed by atoms with Gasteiger partial charge in [-0.15, -0.1) is 0 Å². The molecule has 1 atom stereocenters. The van der Waals surface area contributed by atoms with Crippen LogP contribution in [0.4, 0.5) is 5.69 Å². The Morgan fingerprint density at radius 2 is 1.89 bits per heavy atom. The van der Waals surface area contributed by atoms with Crippen LogP contribution in [-0.4, -0.2) is 56.9 Å². The molecule has 0 radical (unpaired) electrons. The van der Waals surface area contributed by atoms with E-state index in [1.54, 1.807) is 30.9 Å². The fourth-order valence-corrected chi connectivity index (χ4v) is 4.25. The first-order valence-corrected chi connectivity index (χ1v) is 11.1. The lowest BCUT2D eigenvalue weighted by Gasteiger charge is -2.25. The fraction of sp³-hybridized carbons (Fsp3) is 0.240. The lowest BCUT2D eigenvalue weighted by molar-refractivity contribution is -0.384. The van der Waals surface area contributed by atoms with Crippen LogP contribution in [0.5, 0.6) is 11.5 Å². The number of Topliss-reactive ketones (excluding diaryl/α,β-unsaturated/α-hetero) is 1. The molecule has 1 saturated heterocycles. The summed E-state index contributed by atoms with van der Waals surface area (Å²) in [7, 11) is 2.90. The number of imidazole rings is 1. The Balaban J connectivity index is 1.79. The van der Waals surface area contributed by atoms with E-state index in [4.69, 9.17) is 9.47 Å². The second-order valence-electron chi connectivity index (χ2n) is 8.07. The second kappa shape index (κ2) is 10.3. The van der Waals surface area contributed by atoms with Crippen LogP contribution in [-0.2, 0) is 16.1 Å². The van der Waals surface area contributed by atoms with Crippen molar-refractivity contribution >= 4 is 23.1 Å². The van der Waals surface area contributed by atoms with Gasteiger partial charge in [0.1, 0.15) is 5.76 Å². The molecule has 3 aromatic rings. The monoisotopic (exact) mass is 492 g/mol. The van der Waals surface area contributed by atoms with Gasteiger partial charge in [-0.05, 0) is 30.2 Å². The number of aliphatic hydroxyl groups is 1. The minimum Gasteiger partial charge on any atom is -0.507 e. The van der Waals surface area contributed by atoms with Gasteiger partial charge in [0.15, 0.2) is 11.5 Å². The van der Waals surface area contributed by atoms with E-state index in [9.17, 15) is 24.8 Å². The molecule has 4 rings (SSSR count). The lowest BCUT2D eigenvalue weighted by atomic mass is 9.94. The number of ketones is 1. The molecule has 2 heterocycles. The Hall–Kier alpha value is -4.67. The number of aliphatic hydroxyl groups excluding tert-OH is 1. The quantitative estimate of drug-likeness (QED) is 0.158. The van der Waals surface area contributed by atoms with E-state index in [1.165, 1.54) is 49.5 Å². The smallest absolute Gasteiger partial charge is 0.295 e. The first-order chi connectivity index (χ1) is 17.3. The molecule has 1 amide bonds. The van der Waals surface area contributed by atoms with Gasteiger partial charge in [0.25, 0.3) is 17.4 Å². The van der Waals surface area contributed by atoms with Crippen molar-refractivity contribution in [2.45, 2.75) is 19.0 Å². The molecule has 2 aromatic carbocycles. The number of likely N-dealkylation sites (tertiary alicyclic amines) is 1. The van der Waals surface area contributed by atoms with Crippen LogP contribution in [0.15, 0.2) is 66.8 Å². The van der Waals surface area contributed by atoms with E-state index in [2.05, 4.69) is 4.98 Å². The molecule has 1 aliphatic heterocycles. The van der Waals surface area contributed by atoms with Crippen molar-refractivity contribution in [2.24, 2.45) is 0 Å². The standard InChI is InChI=1S/C25H24N4O7/c1-35-19-8-7-17(14-20(19)36-2)23(30)21-22(16-5-3-6-18(13-16)29(33)34)28(25(32)24(21)31)11-4-10-27-12-9-26-15-27/h3,5-9,12-15,22,30H,4,10-11H2,1-2H3/t22-/m0/s1. The summed E-state index contributed by atoms with van der Waals surface area (Å²) in [6.07, 6.45) is 5.55. The zero-order valence-corrected chi connectivity index (χ0v) is 19.7. The van der Waals surface area contributed by atoms with E-state index < -0.39 is 28.4 Å². The summed E-state index contributed by atoms with van der Waals surface area (Å²) in [6.45, 7) is 0.721. The van der Waals surface area contributed by atoms with Crippen LogP contribution in [0, 0.1) is 10.1 Å². The third-order valence-corrected chi connectivity index (χ3v) is 5.97. The SMILES string of the molecule is COc1ccc(C(O)=C2C(=O)C(=O)N(CCCn3ccnc3)[C@H]2c2cccc([N+](=O)[O-])c2)cc1OC. The number of nitrogens with zero attached hydrogens (tertiary/aromatic N) is 4. The van der Waals surface area contributed by atoms with Crippen LogP contribution >= 0.6 is 0 Å². The van der Waals surface area contributed by atoms with Gasteiger partial charge in [-0.3, -0.25) is 19.7 Å². The van der Waals surface area contributed by atoms with Gasteiger partial charge in [-0.1, -0.05) is 12.1 Å². The molecule has 1 fully saturated rings. The zero-order valence-electron chi connectivity index (χ0n) is 19.7. The average Bonchev–Trinajstić information content (AvgIpc) is 3.50. The van der Waals surface area contributed by atoms with E-state index >= 15 is 0 Å². The summed E-state index contributed by atoms with van der Waals surface area (Å²) >= 11 is 0. The van der Waals surface area contributed by atoms with Crippen LogP contribution in [0.1, 0.15) is 23.6 Å². The maximum Gasteiger partial charge on any atom is 0.295 e. The molecule has 11 heteroatoms. The van der Waals surface area contributed by atoms with Crippen molar-refractivity contribution in [3.63, 3.8) is 0 Å². The number of non-ortho nitro benzene ring substituents is 1. The van der Waals surface area contributed by atoms with Crippen LogP contribution in [0.2, 0.25) is 0 Å². The topological polar surface area (TPSA) is 137 Å². The van der Waals surface area contributed by atoms with Crippen molar-refractivity contribution in [3.8, 4) is 11.5 Å². The number of hydrogen-bond acceptors (Lipinski definition) is 8. The third-order valence-electron chi connectivity index (χ3n) is 5.97. The Morgan fingerprint density at radius 1 is 1.11 bits per heavy atom.